The predicted octanol–water partition coefficient (Wildman–Crippen LogP) is 3.28. The Kier molecular flexibility index (Phi) is 4.80. The van der Waals surface area contributed by atoms with E-state index in [1.165, 1.54) is 12.3 Å². The van der Waals surface area contributed by atoms with E-state index in [1.807, 2.05) is 31.2 Å². The highest BCUT2D eigenvalue weighted by molar-refractivity contribution is 9.10. The maximum atomic E-state index is 12.2. The minimum atomic E-state index is -3.70. The van der Waals surface area contributed by atoms with E-state index < -0.39 is 10.0 Å². The molecule has 0 saturated heterocycles. The van der Waals surface area contributed by atoms with Crippen LogP contribution in [0.2, 0.25) is 5.15 Å². The highest BCUT2D eigenvalue weighted by Crippen LogP contribution is 2.22. The molecule has 0 saturated carbocycles. The smallest absolute Gasteiger partial charge is 0.242 e. The third-order valence-electron chi connectivity index (χ3n) is 2.61. The van der Waals surface area contributed by atoms with Gasteiger partial charge in [0.1, 0.15) is 10.0 Å². The molecule has 20 heavy (non-hydrogen) atoms. The molecule has 7 heteroatoms. The third-order valence-corrected chi connectivity index (χ3v) is 4.87. The molecule has 0 aliphatic rings. The molecule has 1 N–H and O–H groups in total. The van der Waals surface area contributed by atoms with Gasteiger partial charge in [0.05, 0.1) is 0 Å². The number of nitrogens with one attached hydrogen (secondary N) is 1. The average molecular weight is 376 g/mol. The van der Waals surface area contributed by atoms with Crippen molar-refractivity contribution in [2.75, 3.05) is 0 Å². The van der Waals surface area contributed by atoms with Crippen LogP contribution in [-0.4, -0.2) is 13.4 Å². The lowest BCUT2D eigenvalue weighted by Gasteiger charge is -2.08. The summed E-state index contributed by atoms with van der Waals surface area (Å²) in [6.45, 7) is 2.15. The number of aryl methyl sites for hydroxylation is 1. The summed E-state index contributed by atoms with van der Waals surface area (Å²) < 4.78 is 27.5. The van der Waals surface area contributed by atoms with Gasteiger partial charge in [0.25, 0.3) is 0 Å². The third kappa shape index (κ3) is 3.79. The van der Waals surface area contributed by atoms with E-state index in [-0.39, 0.29) is 16.6 Å². The van der Waals surface area contributed by atoms with E-state index in [4.69, 9.17) is 11.6 Å². The Hall–Kier alpha value is -0.950. The maximum absolute atomic E-state index is 12.2. The van der Waals surface area contributed by atoms with Gasteiger partial charge in [-0.1, -0.05) is 41.4 Å². The fraction of sp³-hybridized carbons (Fsp3) is 0.154. The molecule has 1 aromatic heterocycles. The van der Waals surface area contributed by atoms with Crippen LogP contribution in [0.5, 0.6) is 0 Å². The number of nitrogens with zero attached hydrogens (tertiary/aromatic N) is 1. The lowest BCUT2D eigenvalue weighted by molar-refractivity contribution is 0.581. The van der Waals surface area contributed by atoms with Crippen LogP contribution in [0.1, 0.15) is 11.1 Å². The number of hydrogen-bond donors (Lipinski definition) is 1. The van der Waals surface area contributed by atoms with Crippen LogP contribution in [0.15, 0.2) is 45.9 Å². The van der Waals surface area contributed by atoms with Crippen LogP contribution in [0, 0.1) is 6.92 Å². The SMILES string of the molecule is Cc1cccc(CNS(=O)(=O)c2cc(Br)cnc2Cl)c1. The summed E-state index contributed by atoms with van der Waals surface area (Å²) >= 11 is 9.02. The van der Waals surface area contributed by atoms with Crippen LogP contribution in [-0.2, 0) is 16.6 Å². The molecule has 1 heterocycles. The summed E-state index contributed by atoms with van der Waals surface area (Å²) in [5.74, 6) is 0. The summed E-state index contributed by atoms with van der Waals surface area (Å²) in [5.41, 5.74) is 1.96. The Balaban J connectivity index is 2.21. The molecule has 2 aromatic rings. The Morgan fingerprint density at radius 1 is 1.35 bits per heavy atom. The highest BCUT2D eigenvalue weighted by Gasteiger charge is 2.19. The number of pyridine rings is 1. The second kappa shape index (κ2) is 6.22. The number of rotatable bonds is 4. The zero-order chi connectivity index (χ0) is 14.8. The van der Waals surface area contributed by atoms with Crippen molar-refractivity contribution in [1.29, 1.82) is 0 Å². The summed E-state index contributed by atoms with van der Waals surface area (Å²) in [5, 5.41) is -0.0510. The van der Waals surface area contributed by atoms with Crippen molar-refractivity contribution >= 4 is 37.6 Å². The molecule has 1 aromatic carbocycles. The largest absolute Gasteiger partial charge is 0.243 e. The van der Waals surface area contributed by atoms with Gasteiger partial charge in [-0.15, -0.1) is 0 Å². The molecule has 0 amide bonds. The molecule has 4 nitrogen and oxygen atoms in total. The Bertz CT molecular complexity index is 735. The van der Waals surface area contributed by atoms with Crippen LogP contribution < -0.4 is 4.72 Å². The zero-order valence-corrected chi connectivity index (χ0v) is 13.8. The van der Waals surface area contributed by atoms with E-state index in [0.717, 1.165) is 11.1 Å². The topological polar surface area (TPSA) is 59.1 Å². The van der Waals surface area contributed by atoms with Crippen molar-refractivity contribution in [3.8, 4) is 0 Å². The van der Waals surface area contributed by atoms with Gasteiger partial charge >= 0.3 is 0 Å². The molecule has 0 atom stereocenters. The predicted molar refractivity (Wildman–Crippen MR) is 82.2 cm³/mol. The molecule has 2 rings (SSSR count). The summed E-state index contributed by atoms with van der Waals surface area (Å²) in [4.78, 5) is 3.77. The van der Waals surface area contributed by atoms with E-state index >= 15 is 0 Å². The molecule has 106 valence electrons. The normalized spacial score (nSPS) is 11.6. The molecule has 0 fully saturated rings. The van der Waals surface area contributed by atoms with E-state index in [9.17, 15) is 8.42 Å². The first-order valence-electron chi connectivity index (χ1n) is 5.75. The molecular weight excluding hydrogens is 364 g/mol. The first kappa shape index (κ1) is 15.4. The number of aromatic nitrogens is 1. The average Bonchev–Trinajstić information content (AvgIpc) is 2.39. The molecule has 0 spiro atoms. The number of halogens is 2. The Morgan fingerprint density at radius 2 is 2.10 bits per heavy atom. The van der Waals surface area contributed by atoms with Gasteiger partial charge in [-0.05, 0) is 34.5 Å². The van der Waals surface area contributed by atoms with E-state index in [1.54, 1.807) is 0 Å². The fourth-order valence-electron chi connectivity index (χ4n) is 1.67. The quantitative estimate of drug-likeness (QED) is 0.834. The molecule has 0 aliphatic carbocycles. The van der Waals surface area contributed by atoms with Gasteiger partial charge in [0, 0.05) is 17.2 Å². The lowest BCUT2D eigenvalue weighted by Crippen LogP contribution is -2.23. The molecule has 0 unspecified atom stereocenters. The van der Waals surface area contributed by atoms with Crippen molar-refractivity contribution in [3.63, 3.8) is 0 Å². The Labute approximate surface area is 131 Å². The Morgan fingerprint density at radius 3 is 2.80 bits per heavy atom. The minimum absolute atomic E-state index is 0.0406. The summed E-state index contributed by atoms with van der Waals surface area (Å²) in [6, 6.07) is 9.03. The van der Waals surface area contributed by atoms with Gasteiger partial charge in [0.15, 0.2) is 0 Å². The van der Waals surface area contributed by atoms with Gasteiger partial charge < -0.3 is 0 Å². The molecule has 0 radical (unpaired) electrons. The molecule has 0 aliphatic heterocycles. The standard InChI is InChI=1S/C13H12BrClN2O2S/c1-9-3-2-4-10(5-9)7-17-20(18,19)12-6-11(14)8-16-13(12)15/h2-6,8,17H,7H2,1H3. The molecular formula is C13H12BrClN2O2S. The monoisotopic (exact) mass is 374 g/mol. The van der Waals surface area contributed by atoms with Crippen LogP contribution in [0.3, 0.4) is 0 Å². The summed E-state index contributed by atoms with van der Waals surface area (Å²) in [6.07, 6.45) is 1.45. The zero-order valence-electron chi connectivity index (χ0n) is 10.6. The summed E-state index contributed by atoms with van der Waals surface area (Å²) in [7, 11) is -3.70. The number of sulfonamides is 1. The lowest BCUT2D eigenvalue weighted by atomic mass is 10.1. The van der Waals surface area contributed by atoms with Crippen molar-refractivity contribution < 1.29 is 8.42 Å². The fourth-order valence-corrected chi connectivity index (χ4v) is 3.63. The van der Waals surface area contributed by atoms with Crippen LogP contribution in [0.4, 0.5) is 0 Å². The second-order valence-corrected chi connectivity index (χ2v) is 7.27. The van der Waals surface area contributed by atoms with Gasteiger partial charge in [0.2, 0.25) is 10.0 Å². The van der Waals surface area contributed by atoms with E-state index in [0.29, 0.717) is 4.47 Å². The number of benzene rings is 1. The van der Waals surface area contributed by atoms with Crippen LogP contribution in [0.25, 0.3) is 0 Å². The van der Waals surface area contributed by atoms with Gasteiger partial charge in [-0.3, -0.25) is 0 Å². The van der Waals surface area contributed by atoms with Gasteiger partial charge in [-0.25, -0.2) is 18.1 Å². The van der Waals surface area contributed by atoms with Crippen molar-refractivity contribution in [2.45, 2.75) is 18.4 Å². The van der Waals surface area contributed by atoms with Crippen molar-refractivity contribution in [1.82, 2.24) is 9.71 Å². The second-order valence-electron chi connectivity index (χ2n) is 4.26. The highest BCUT2D eigenvalue weighted by atomic mass is 79.9. The van der Waals surface area contributed by atoms with Crippen molar-refractivity contribution in [3.05, 3.63) is 57.3 Å². The maximum Gasteiger partial charge on any atom is 0.243 e. The van der Waals surface area contributed by atoms with Crippen LogP contribution >= 0.6 is 27.5 Å². The first-order chi connectivity index (χ1) is 9.38. The molecule has 0 bridgehead atoms. The first-order valence-corrected chi connectivity index (χ1v) is 8.40. The minimum Gasteiger partial charge on any atom is -0.242 e. The number of hydrogen-bond acceptors (Lipinski definition) is 3. The van der Waals surface area contributed by atoms with Gasteiger partial charge in [-0.2, -0.15) is 0 Å². The van der Waals surface area contributed by atoms with Crippen molar-refractivity contribution in [2.24, 2.45) is 0 Å². The van der Waals surface area contributed by atoms with E-state index in [2.05, 4.69) is 25.6 Å².